The quantitative estimate of drug-likeness (QED) is 0.233. The molecule has 2 N–H and O–H groups in total. The molecule has 1 aliphatic heterocycles. The number of aromatic carboxylic acids is 1. The summed E-state index contributed by atoms with van der Waals surface area (Å²) in [6, 6.07) is 17.1. The van der Waals surface area contributed by atoms with Crippen LogP contribution in [0.4, 0.5) is 0 Å². The number of piperazine rings is 1. The van der Waals surface area contributed by atoms with Gasteiger partial charge >= 0.3 is 5.97 Å². The molecule has 2 aromatic rings. The standard InChI is InChI=1S/C49H69N3O4S/c1-34(2)38-19-24-49(50-27-28-51-29-31-52(32-30-51)57(55,56)33-35-11-9-8-10-12-35)26-25-47(6)40(43(38)49)17-18-42-46(5)22-20-39(36-13-15-37(16-14-36)44(53)54)45(3,4)41(46)21-23-48(42,47)7/h8-16,20,38,40-43,50H,1,17-19,21-33H2,2-7H3,(H,53,54)/t38-,40+,41?,42?,43?,46-,47+,48+,49-/m0/s1. The van der Waals surface area contributed by atoms with E-state index in [1.54, 1.807) is 16.4 Å². The molecule has 4 saturated carbocycles. The van der Waals surface area contributed by atoms with Crippen molar-refractivity contribution in [2.75, 3.05) is 39.3 Å². The summed E-state index contributed by atoms with van der Waals surface area (Å²) >= 11 is 0. The lowest BCUT2D eigenvalue weighted by molar-refractivity contribution is -0.219. The molecule has 0 spiro atoms. The lowest BCUT2D eigenvalue weighted by atomic mass is 9.33. The van der Waals surface area contributed by atoms with Crippen LogP contribution in [0.15, 0.2) is 72.8 Å². The normalized spacial score (nSPS) is 37.9. The van der Waals surface area contributed by atoms with Crippen molar-refractivity contribution in [1.29, 1.82) is 0 Å². The highest BCUT2D eigenvalue weighted by atomic mass is 32.2. The van der Waals surface area contributed by atoms with E-state index in [1.165, 1.54) is 68.1 Å². The molecule has 1 saturated heterocycles. The minimum atomic E-state index is -3.33. The van der Waals surface area contributed by atoms with Crippen molar-refractivity contribution in [3.63, 3.8) is 0 Å². The molecule has 3 unspecified atom stereocenters. The van der Waals surface area contributed by atoms with E-state index in [4.69, 9.17) is 0 Å². The van der Waals surface area contributed by atoms with Crippen LogP contribution in [-0.2, 0) is 15.8 Å². The summed E-state index contributed by atoms with van der Waals surface area (Å²) in [7, 11) is -3.33. The Kier molecular flexibility index (Phi) is 10.6. The van der Waals surface area contributed by atoms with Gasteiger partial charge in [-0.25, -0.2) is 13.2 Å². The van der Waals surface area contributed by atoms with E-state index in [0.717, 1.165) is 38.2 Å². The van der Waals surface area contributed by atoms with Crippen LogP contribution in [0.5, 0.6) is 0 Å². The predicted molar refractivity (Wildman–Crippen MR) is 231 cm³/mol. The fourth-order valence-corrected chi connectivity index (χ4v) is 16.4. The smallest absolute Gasteiger partial charge is 0.335 e. The van der Waals surface area contributed by atoms with Gasteiger partial charge in [-0.3, -0.25) is 4.90 Å². The number of nitrogens with zero attached hydrogens (tertiary/aromatic N) is 2. The molecule has 310 valence electrons. The zero-order valence-electron chi connectivity index (χ0n) is 35.7. The molecule has 57 heavy (non-hydrogen) atoms. The Morgan fingerprint density at radius 1 is 0.842 bits per heavy atom. The second kappa shape index (κ2) is 14.7. The SMILES string of the molecule is C=C(C)[C@@H]1CC[C@]2(NCCN3CCN(S(=O)(=O)Cc4ccccc4)CC3)CC[C@]3(C)[C@H](CCC4[C@@]5(C)CC=C(c6ccc(C(=O)O)cc6)C(C)(C)C5CC[C@]43C)C12. The van der Waals surface area contributed by atoms with Crippen LogP contribution in [0.1, 0.15) is 121 Å². The first-order valence-corrected chi connectivity index (χ1v) is 23.8. The van der Waals surface area contributed by atoms with Crippen molar-refractivity contribution < 1.29 is 18.3 Å². The number of fused-ring (bicyclic) bond motifs is 7. The summed E-state index contributed by atoms with van der Waals surface area (Å²) in [5, 5.41) is 13.8. The maximum Gasteiger partial charge on any atom is 0.335 e. The number of rotatable bonds is 10. The number of carboxylic acid groups (broad SMARTS) is 1. The zero-order valence-corrected chi connectivity index (χ0v) is 36.5. The minimum Gasteiger partial charge on any atom is -0.478 e. The van der Waals surface area contributed by atoms with E-state index in [9.17, 15) is 18.3 Å². The molecule has 0 radical (unpaired) electrons. The molecule has 2 aromatic carbocycles. The van der Waals surface area contributed by atoms with E-state index >= 15 is 0 Å². The summed E-state index contributed by atoms with van der Waals surface area (Å²) in [4.78, 5) is 14.1. The van der Waals surface area contributed by atoms with Crippen LogP contribution >= 0.6 is 0 Å². The number of allylic oxidation sites excluding steroid dienone is 3. The highest BCUT2D eigenvalue weighted by Crippen LogP contribution is 2.76. The number of benzene rings is 2. The van der Waals surface area contributed by atoms with Gasteiger partial charge in [-0.15, -0.1) is 0 Å². The molecule has 6 aliphatic rings. The topological polar surface area (TPSA) is 90.0 Å². The van der Waals surface area contributed by atoms with E-state index in [1.807, 2.05) is 42.5 Å². The zero-order chi connectivity index (χ0) is 40.6. The molecule has 5 fully saturated rings. The third-order valence-electron chi connectivity index (χ3n) is 17.9. The van der Waals surface area contributed by atoms with Crippen molar-refractivity contribution in [3.8, 4) is 0 Å². The summed E-state index contributed by atoms with van der Waals surface area (Å²) in [5.74, 6) is 2.26. The first-order valence-electron chi connectivity index (χ1n) is 22.1. The van der Waals surface area contributed by atoms with Crippen LogP contribution in [0.2, 0.25) is 0 Å². The molecule has 0 bridgehead atoms. The van der Waals surface area contributed by atoms with Gasteiger partial charge in [-0.1, -0.05) is 95.3 Å². The fourth-order valence-electron chi connectivity index (χ4n) is 14.9. The molecule has 9 atom stereocenters. The molecule has 0 amide bonds. The first-order chi connectivity index (χ1) is 27.0. The number of carboxylic acids is 1. The Morgan fingerprint density at radius 2 is 1.54 bits per heavy atom. The molecule has 8 rings (SSSR count). The second-order valence-electron chi connectivity index (χ2n) is 20.7. The van der Waals surface area contributed by atoms with Crippen molar-refractivity contribution in [2.24, 2.45) is 51.2 Å². The van der Waals surface area contributed by atoms with Crippen LogP contribution in [0.3, 0.4) is 0 Å². The average molecular weight is 796 g/mol. The molecule has 7 nitrogen and oxygen atoms in total. The van der Waals surface area contributed by atoms with Crippen molar-refractivity contribution in [2.45, 2.75) is 111 Å². The lowest BCUT2D eigenvalue weighted by Crippen LogP contribution is -2.68. The Balaban J connectivity index is 0.968. The molecule has 8 heteroatoms. The Morgan fingerprint density at radius 3 is 2.21 bits per heavy atom. The molecular formula is C49H69N3O4S. The molecule has 5 aliphatic carbocycles. The van der Waals surface area contributed by atoms with Gasteiger partial charge in [0.25, 0.3) is 0 Å². The van der Waals surface area contributed by atoms with Crippen LogP contribution in [0.25, 0.3) is 5.57 Å². The number of sulfonamides is 1. The summed E-state index contributed by atoms with van der Waals surface area (Å²) in [6.45, 7) is 24.5. The highest BCUT2D eigenvalue weighted by Gasteiger charge is 2.70. The fraction of sp³-hybridized carbons (Fsp3) is 0.653. The van der Waals surface area contributed by atoms with E-state index < -0.39 is 16.0 Å². The summed E-state index contributed by atoms with van der Waals surface area (Å²) in [5.41, 5.74) is 6.02. The van der Waals surface area contributed by atoms with Gasteiger partial charge < -0.3 is 10.4 Å². The number of hydrogen-bond acceptors (Lipinski definition) is 5. The number of carbonyl (C=O) groups is 1. The third-order valence-corrected chi connectivity index (χ3v) is 19.8. The van der Waals surface area contributed by atoms with Gasteiger partial charge in [0.05, 0.1) is 11.3 Å². The van der Waals surface area contributed by atoms with Crippen molar-refractivity contribution in [3.05, 3.63) is 89.5 Å². The van der Waals surface area contributed by atoms with Gasteiger partial charge in [0.1, 0.15) is 0 Å². The summed E-state index contributed by atoms with van der Waals surface area (Å²) < 4.78 is 28.1. The monoisotopic (exact) mass is 796 g/mol. The van der Waals surface area contributed by atoms with Gasteiger partial charge in [-0.2, -0.15) is 4.31 Å². The van der Waals surface area contributed by atoms with Crippen LogP contribution in [-0.4, -0.2) is 73.5 Å². The van der Waals surface area contributed by atoms with E-state index in [-0.39, 0.29) is 33.0 Å². The number of nitrogens with one attached hydrogen (secondary N) is 1. The second-order valence-corrected chi connectivity index (χ2v) is 22.6. The Bertz CT molecular complexity index is 1990. The largest absolute Gasteiger partial charge is 0.478 e. The number of hydrogen-bond donors (Lipinski definition) is 2. The third kappa shape index (κ3) is 6.71. The predicted octanol–water partition coefficient (Wildman–Crippen LogP) is 9.53. The van der Waals surface area contributed by atoms with E-state index in [0.29, 0.717) is 48.2 Å². The van der Waals surface area contributed by atoms with Crippen molar-refractivity contribution in [1.82, 2.24) is 14.5 Å². The van der Waals surface area contributed by atoms with Crippen molar-refractivity contribution >= 4 is 21.6 Å². The molecular weight excluding hydrogens is 727 g/mol. The van der Waals surface area contributed by atoms with Gasteiger partial charge in [0.2, 0.25) is 10.0 Å². The van der Waals surface area contributed by atoms with Crippen LogP contribution < -0.4 is 5.32 Å². The minimum absolute atomic E-state index is 0.00201. The Labute approximate surface area is 343 Å². The maximum absolute atomic E-state index is 13.2. The average Bonchev–Trinajstić information content (AvgIpc) is 3.55. The van der Waals surface area contributed by atoms with E-state index in [2.05, 4.69) is 64.4 Å². The van der Waals surface area contributed by atoms with Gasteiger partial charge in [0, 0.05) is 44.8 Å². The highest BCUT2D eigenvalue weighted by molar-refractivity contribution is 7.88. The first kappa shape index (κ1) is 41.0. The lowest BCUT2D eigenvalue weighted by Gasteiger charge is -2.72. The summed E-state index contributed by atoms with van der Waals surface area (Å²) in [6.07, 6.45) is 13.7. The molecule has 1 heterocycles. The van der Waals surface area contributed by atoms with Gasteiger partial charge in [-0.05, 0) is 145 Å². The molecule has 0 aromatic heterocycles. The maximum atomic E-state index is 13.2. The Hall–Kier alpha value is -2.78. The van der Waals surface area contributed by atoms with Gasteiger partial charge in [0.15, 0.2) is 0 Å². The van der Waals surface area contributed by atoms with Crippen LogP contribution in [0, 0.1) is 51.2 Å².